The molecule has 1 aromatic carbocycles. The minimum Gasteiger partial charge on any atom is -0.481 e. The number of carbonyl (C=O) groups excluding carboxylic acids is 3. The number of carboxylic acid groups (broad SMARTS) is 2. The molecule has 0 bridgehead atoms. The van der Waals surface area contributed by atoms with Crippen molar-refractivity contribution in [2.24, 2.45) is 0 Å². The number of para-hydroxylation sites is 1. The number of rotatable bonds is 10. The van der Waals surface area contributed by atoms with Crippen molar-refractivity contribution in [2.75, 3.05) is 13.1 Å². The van der Waals surface area contributed by atoms with Crippen LogP contribution in [0.4, 0.5) is 0 Å². The van der Waals surface area contributed by atoms with E-state index in [1.165, 1.54) is 4.90 Å². The Kier molecular flexibility index (Phi) is 8.07. The maximum absolute atomic E-state index is 13.8. The lowest BCUT2D eigenvalue weighted by molar-refractivity contribution is -0.148. The van der Waals surface area contributed by atoms with Crippen molar-refractivity contribution >= 4 is 40.6 Å². The monoisotopic (exact) mass is 513 g/mol. The van der Waals surface area contributed by atoms with Crippen LogP contribution in [-0.2, 0) is 30.4 Å². The lowest BCUT2D eigenvalue weighted by Gasteiger charge is -2.30. The summed E-state index contributed by atoms with van der Waals surface area (Å²) in [6, 6.07) is 3.68. The number of likely N-dealkylation sites (tertiary alicyclic amines) is 1. The maximum atomic E-state index is 13.8. The molecule has 0 saturated carbocycles. The summed E-state index contributed by atoms with van der Waals surface area (Å²) >= 11 is 0. The number of aromatic amines is 1. The van der Waals surface area contributed by atoms with Gasteiger partial charge in [-0.25, -0.2) is 4.79 Å². The molecule has 2 aliphatic heterocycles. The molecule has 6 N–H and O–H groups in total. The summed E-state index contributed by atoms with van der Waals surface area (Å²) in [6.07, 6.45) is 3.54. The summed E-state index contributed by atoms with van der Waals surface area (Å²) in [4.78, 5) is 66.6. The fraction of sp³-hybridized carbons (Fsp3) is 0.480. The van der Waals surface area contributed by atoms with Crippen molar-refractivity contribution in [1.82, 2.24) is 25.8 Å². The normalized spacial score (nSPS) is 20.9. The van der Waals surface area contributed by atoms with Gasteiger partial charge < -0.3 is 36.0 Å². The minimum absolute atomic E-state index is 0.197. The largest absolute Gasteiger partial charge is 0.481 e. The third-order valence-corrected chi connectivity index (χ3v) is 6.92. The van der Waals surface area contributed by atoms with Crippen LogP contribution in [0.25, 0.3) is 10.9 Å². The van der Waals surface area contributed by atoms with Crippen molar-refractivity contribution in [2.45, 2.75) is 62.7 Å². The van der Waals surface area contributed by atoms with Crippen molar-refractivity contribution in [1.29, 1.82) is 0 Å². The number of aromatic nitrogens is 1. The van der Waals surface area contributed by atoms with E-state index in [0.29, 0.717) is 25.8 Å². The Morgan fingerprint density at radius 2 is 1.76 bits per heavy atom. The van der Waals surface area contributed by atoms with Crippen molar-refractivity contribution in [3.63, 3.8) is 0 Å². The zero-order valence-electron chi connectivity index (χ0n) is 20.2. The molecule has 198 valence electrons. The first-order chi connectivity index (χ1) is 17.7. The Bertz CT molecular complexity index is 1190. The van der Waals surface area contributed by atoms with E-state index < -0.39 is 54.3 Å². The van der Waals surface area contributed by atoms with Gasteiger partial charge in [0, 0.05) is 30.1 Å². The van der Waals surface area contributed by atoms with Crippen molar-refractivity contribution in [3.05, 3.63) is 36.0 Å². The fourth-order valence-corrected chi connectivity index (χ4v) is 5.05. The van der Waals surface area contributed by atoms with Crippen LogP contribution in [0.15, 0.2) is 30.5 Å². The molecule has 4 rings (SSSR count). The van der Waals surface area contributed by atoms with E-state index in [1.54, 1.807) is 6.20 Å². The average molecular weight is 514 g/mol. The molecule has 3 amide bonds. The molecule has 4 atom stereocenters. The van der Waals surface area contributed by atoms with Gasteiger partial charge in [-0.1, -0.05) is 18.2 Å². The van der Waals surface area contributed by atoms with Crippen LogP contribution in [0, 0.1) is 0 Å². The molecular formula is C25H31N5O7. The highest BCUT2D eigenvalue weighted by molar-refractivity contribution is 5.95. The quantitative estimate of drug-likeness (QED) is 0.256. The van der Waals surface area contributed by atoms with Gasteiger partial charge in [-0.15, -0.1) is 0 Å². The van der Waals surface area contributed by atoms with E-state index in [4.69, 9.17) is 5.11 Å². The van der Waals surface area contributed by atoms with E-state index in [0.717, 1.165) is 22.9 Å². The Balaban J connectivity index is 1.54. The smallest absolute Gasteiger partial charge is 0.326 e. The maximum Gasteiger partial charge on any atom is 0.326 e. The molecule has 3 heterocycles. The van der Waals surface area contributed by atoms with E-state index >= 15 is 0 Å². The molecule has 12 heteroatoms. The Morgan fingerprint density at radius 3 is 2.46 bits per heavy atom. The second-order valence-electron chi connectivity index (χ2n) is 9.46. The van der Waals surface area contributed by atoms with Crippen molar-refractivity contribution in [3.8, 4) is 0 Å². The van der Waals surface area contributed by atoms with Crippen LogP contribution in [0.3, 0.4) is 0 Å². The number of nitrogens with one attached hydrogen (secondary N) is 4. The minimum atomic E-state index is -1.61. The zero-order valence-corrected chi connectivity index (χ0v) is 20.2. The third kappa shape index (κ3) is 6.08. The topological polar surface area (TPSA) is 181 Å². The summed E-state index contributed by atoms with van der Waals surface area (Å²) in [7, 11) is 0. The average Bonchev–Trinajstić information content (AvgIpc) is 3.63. The molecule has 2 saturated heterocycles. The number of nitrogens with zero attached hydrogens (tertiary/aromatic N) is 1. The second-order valence-corrected chi connectivity index (χ2v) is 9.46. The Hall–Kier alpha value is -3.93. The van der Waals surface area contributed by atoms with Gasteiger partial charge >= 0.3 is 11.9 Å². The van der Waals surface area contributed by atoms with Gasteiger partial charge in [0.2, 0.25) is 17.7 Å². The highest BCUT2D eigenvalue weighted by atomic mass is 16.4. The molecule has 0 radical (unpaired) electrons. The third-order valence-electron chi connectivity index (χ3n) is 6.92. The van der Waals surface area contributed by atoms with Gasteiger partial charge in [0.25, 0.3) is 0 Å². The van der Waals surface area contributed by atoms with Gasteiger partial charge in [0.15, 0.2) is 0 Å². The number of H-pyrrole nitrogens is 1. The molecule has 2 aliphatic rings. The highest BCUT2D eigenvalue weighted by Gasteiger charge is 2.40. The van der Waals surface area contributed by atoms with Gasteiger partial charge in [0.05, 0.1) is 12.5 Å². The van der Waals surface area contributed by atoms with E-state index in [1.807, 2.05) is 24.3 Å². The molecule has 12 nitrogen and oxygen atoms in total. The number of benzene rings is 1. The van der Waals surface area contributed by atoms with Gasteiger partial charge in [-0.2, -0.15) is 0 Å². The van der Waals surface area contributed by atoms with E-state index in [9.17, 15) is 29.1 Å². The SMILES string of the molecule is O=C(O)CC(NC(=O)C1CCCN1C(=O)C(Cc1c[nH]c2ccccc12)NC(=O)C1CCCN1)C(=O)O. The van der Waals surface area contributed by atoms with E-state index in [2.05, 4.69) is 20.9 Å². The predicted octanol–water partition coefficient (Wildman–Crippen LogP) is -0.0177. The van der Waals surface area contributed by atoms with Crippen LogP contribution >= 0.6 is 0 Å². The molecule has 0 aliphatic carbocycles. The number of carbonyl (C=O) groups is 5. The Labute approximate surface area is 212 Å². The molecular weight excluding hydrogens is 482 g/mol. The lowest BCUT2D eigenvalue weighted by Crippen LogP contribution is -2.57. The van der Waals surface area contributed by atoms with Crippen LogP contribution < -0.4 is 16.0 Å². The van der Waals surface area contributed by atoms with Crippen LogP contribution in [0.2, 0.25) is 0 Å². The van der Waals surface area contributed by atoms with Gasteiger partial charge in [0.1, 0.15) is 18.1 Å². The number of fused-ring (bicyclic) bond motifs is 1. The van der Waals surface area contributed by atoms with Crippen LogP contribution in [-0.4, -0.2) is 87.0 Å². The number of carboxylic acids is 2. The van der Waals surface area contributed by atoms with Gasteiger partial charge in [-0.3, -0.25) is 19.2 Å². The van der Waals surface area contributed by atoms with Crippen LogP contribution in [0.5, 0.6) is 0 Å². The first-order valence-electron chi connectivity index (χ1n) is 12.4. The second kappa shape index (κ2) is 11.4. The molecule has 2 fully saturated rings. The van der Waals surface area contributed by atoms with E-state index in [-0.39, 0.29) is 18.9 Å². The number of hydrogen-bond acceptors (Lipinski definition) is 6. The molecule has 2 aromatic rings. The lowest BCUT2D eigenvalue weighted by atomic mass is 10.0. The fourth-order valence-electron chi connectivity index (χ4n) is 5.05. The Morgan fingerprint density at radius 1 is 1.00 bits per heavy atom. The number of aliphatic carboxylic acids is 2. The standard InChI is InChI=1S/C25H31N5O7/c31-21(32)12-19(25(36)37)29-23(34)20-8-4-10-30(20)24(35)18(28-22(33)17-7-3-9-26-17)11-14-13-27-16-6-2-1-5-15(14)16/h1-2,5-6,13,17-20,26-27H,3-4,7-12H2,(H,28,33)(H,29,34)(H,31,32)(H,36,37). The summed E-state index contributed by atoms with van der Waals surface area (Å²) in [5.41, 5.74) is 1.73. The van der Waals surface area contributed by atoms with Crippen molar-refractivity contribution < 1.29 is 34.2 Å². The summed E-state index contributed by atoms with van der Waals surface area (Å²) < 4.78 is 0. The van der Waals surface area contributed by atoms with Crippen LogP contribution in [0.1, 0.15) is 37.7 Å². The molecule has 4 unspecified atom stereocenters. The molecule has 0 spiro atoms. The summed E-state index contributed by atoms with van der Waals surface area (Å²) in [5, 5.41) is 27.4. The summed E-state index contributed by atoms with van der Waals surface area (Å²) in [5.74, 6) is -4.30. The first kappa shape index (κ1) is 26.1. The number of amides is 3. The number of hydrogen-bond donors (Lipinski definition) is 6. The van der Waals surface area contributed by atoms with Gasteiger partial charge in [-0.05, 0) is 43.9 Å². The first-order valence-corrected chi connectivity index (χ1v) is 12.4. The molecule has 1 aromatic heterocycles. The molecule has 37 heavy (non-hydrogen) atoms. The predicted molar refractivity (Wildman–Crippen MR) is 132 cm³/mol. The summed E-state index contributed by atoms with van der Waals surface area (Å²) in [6.45, 7) is 0.976. The zero-order chi connectivity index (χ0) is 26.5. The highest BCUT2D eigenvalue weighted by Crippen LogP contribution is 2.23.